The number of carbonyl (C=O) groups excluding carboxylic acids is 1. The lowest BCUT2D eigenvalue weighted by atomic mass is 10.1. The molecule has 12 nitrogen and oxygen atoms in total. The third-order valence-electron chi connectivity index (χ3n) is 15.8. The van der Waals surface area contributed by atoms with Gasteiger partial charge in [-0.2, -0.15) is 0 Å². The predicted octanol–water partition coefficient (Wildman–Crippen LogP) is 18.8. The number of likely N-dealkylation sites (tertiary alicyclic amines) is 1. The van der Waals surface area contributed by atoms with Gasteiger partial charge in [-0.1, -0.05) is 140 Å². The number of aliphatic imine (C=N–C) groups is 1. The summed E-state index contributed by atoms with van der Waals surface area (Å²) in [5.41, 5.74) is 18.5. The minimum Gasteiger partial charge on any atom is -0.490 e. The number of para-hydroxylation sites is 8. The van der Waals surface area contributed by atoms with E-state index in [-0.39, 0.29) is 0 Å². The van der Waals surface area contributed by atoms with E-state index in [1.807, 2.05) is 181 Å². The lowest BCUT2D eigenvalue weighted by Crippen LogP contribution is -2.31. The van der Waals surface area contributed by atoms with Crippen LogP contribution >= 0.6 is 0 Å². The van der Waals surface area contributed by atoms with Crippen molar-refractivity contribution in [2.75, 3.05) is 13.6 Å². The third-order valence-corrected chi connectivity index (χ3v) is 15.8. The van der Waals surface area contributed by atoms with Crippen LogP contribution in [0, 0.1) is 27.7 Å². The number of aryl methyl sites for hydroxylation is 7. The van der Waals surface area contributed by atoms with Gasteiger partial charge in [-0.15, -0.1) is 0 Å². The van der Waals surface area contributed by atoms with Crippen molar-refractivity contribution in [3.05, 3.63) is 295 Å². The van der Waals surface area contributed by atoms with Crippen LogP contribution in [0.4, 0.5) is 5.69 Å². The molecule has 3 aliphatic heterocycles. The zero-order valence-corrected chi connectivity index (χ0v) is 55.9. The molecule has 0 unspecified atom stereocenters. The quantitative estimate of drug-likeness (QED) is 0.148. The van der Waals surface area contributed by atoms with Gasteiger partial charge in [0.2, 0.25) is 5.91 Å². The third kappa shape index (κ3) is 21.1. The molecule has 17 rings (SSSR count). The number of imidazole rings is 2. The number of hydrogen-bond donors (Lipinski definition) is 0. The van der Waals surface area contributed by atoms with E-state index in [9.17, 15) is 4.79 Å². The minimum atomic E-state index is 0.302. The normalized spacial score (nSPS) is 13.3. The number of rotatable bonds is 0. The van der Waals surface area contributed by atoms with Crippen molar-refractivity contribution in [3.63, 3.8) is 0 Å². The number of piperidine rings is 1. The zero-order valence-electron chi connectivity index (χ0n) is 55.9. The van der Waals surface area contributed by atoms with E-state index < -0.39 is 0 Å². The molecule has 0 spiro atoms. The summed E-state index contributed by atoms with van der Waals surface area (Å²) in [6.07, 6.45) is 18.2. The van der Waals surface area contributed by atoms with Gasteiger partial charge in [0.25, 0.3) is 0 Å². The molecule has 1 fully saturated rings. The Morgan fingerprint density at radius 1 is 0.559 bits per heavy atom. The predicted molar refractivity (Wildman–Crippen MR) is 386 cm³/mol. The first-order valence-electron chi connectivity index (χ1n) is 31.9. The standard InChI is InChI=1S/C10H10.C9H10N2.2C9H9N.C9H10O.C9H8O.C8H8N2.C6H11NO.2C6H7N/c1-8-6-7-9-4-2-3-5-10(8)9;1-7-10-8-5-3-4-6-9(8)11(7)2;1-10-7-6-8-4-2-3-5-9(8)10;3*1-7-6-8-4-2-3-5-9(8)10-7;1-10-6-9-7-4-2-3-5-8(7)10;1-7-5-3-2-4-6(7)8;1-6-3-2-4-7-5-6;1-6-4-2-3-5-7-6/h2-6H,7H2,1H3;3-6H,1-2H3;2-7H,1H3;2-5H,6H2,1H3;2-5,7H,6H2,1H3;2*2-6H,1H3;2-5H2,1H3;2*2-5H,1H3/t;;;;7-;;;;;/m....0...../s1. The number of carbonyl (C=O) groups is 1. The minimum absolute atomic E-state index is 0.302. The Hall–Kier alpha value is -10.5. The summed E-state index contributed by atoms with van der Waals surface area (Å²) in [4.78, 5) is 33.3. The van der Waals surface area contributed by atoms with Crippen LogP contribution in [0.15, 0.2) is 259 Å². The van der Waals surface area contributed by atoms with Crippen molar-refractivity contribution in [3.8, 4) is 5.75 Å². The number of fused-ring (bicyclic) bond motifs is 7. The Balaban J connectivity index is 0.000000133. The Labute approximate surface area is 549 Å². The lowest BCUT2D eigenvalue weighted by molar-refractivity contribution is -0.131. The van der Waals surface area contributed by atoms with E-state index in [1.54, 1.807) is 17.3 Å². The second-order valence-electron chi connectivity index (χ2n) is 23.3. The molecular formula is C81H89N9O3. The van der Waals surface area contributed by atoms with Gasteiger partial charge in [0.05, 0.1) is 34.1 Å². The Morgan fingerprint density at radius 2 is 1.22 bits per heavy atom. The maximum Gasteiger partial charge on any atom is 0.222 e. The number of benzene rings is 7. The average molecular weight is 1240 g/mol. The fourth-order valence-electron chi connectivity index (χ4n) is 10.6. The van der Waals surface area contributed by atoms with Crippen LogP contribution in [0.1, 0.15) is 85.1 Å². The number of allylic oxidation sites excluding steroid dienone is 2. The second-order valence-corrected chi connectivity index (χ2v) is 23.3. The summed E-state index contributed by atoms with van der Waals surface area (Å²) >= 11 is 0. The summed E-state index contributed by atoms with van der Waals surface area (Å²) in [5.74, 6) is 3.40. The number of aromatic nitrogens is 7. The van der Waals surface area contributed by atoms with E-state index >= 15 is 0 Å². The fraction of sp³-hybridized carbons (Fsp3) is 0.235. The van der Waals surface area contributed by atoms with Crippen LogP contribution < -0.4 is 4.74 Å². The Morgan fingerprint density at radius 3 is 1.83 bits per heavy atom. The lowest BCUT2D eigenvalue weighted by Gasteiger charge is -2.21. The molecule has 476 valence electrons. The highest BCUT2D eigenvalue weighted by Gasteiger charge is 2.17. The monoisotopic (exact) mass is 1240 g/mol. The molecule has 7 aromatic carbocycles. The zero-order chi connectivity index (χ0) is 65.9. The van der Waals surface area contributed by atoms with Crippen molar-refractivity contribution in [2.45, 2.75) is 93.1 Å². The van der Waals surface area contributed by atoms with Crippen molar-refractivity contribution in [2.24, 2.45) is 26.1 Å². The molecule has 13 aromatic rings. The summed E-state index contributed by atoms with van der Waals surface area (Å²) in [6, 6.07) is 71.6. The SMILES string of the molecule is CC1=CCc2ccccc21.CC1=Nc2ccccc2C1.CN1CCCCC1=O.C[C@H]1Cc2ccccc2O1.Cc1cc2ccccc2o1.Cc1ccccn1.Cc1cccnc1.Cc1nc2ccccc2n1C.Cn1ccc2ccccc21.Cn1cnc2ccccc21. The van der Waals surface area contributed by atoms with Gasteiger partial charge in [-0.05, 0) is 185 Å². The molecule has 0 bridgehead atoms. The molecule has 1 amide bonds. The molecule has 0 N–H and O–H groups in total. The first-order valence-corrected chi connectivity index (χ1v) is 31.9. The highest BCUT2D eigenvalue weighted by Crippen LogP contribution is 2.29. The van der Waals surface area contributed by atoms with E-state index in [2.05, 4.69) is 171 Å². The molecule has 1 aliphatic carbocycles. The first kappa shape index (κ1) is 68.4. The average Bonchev–Trinajstić information content (AvgIpc) is 2.00. The molecule has 4 aliphatic rings. The van der Waals surface area contributed by atoms with E-state index in [0.29, 0.717) is 12.0 Å². The van der Waals surface area contributed by atoms with Crippen molar-refractivity contribution >= 4 is 66.8 Å². The number of hydrogen-bond acceptors (Lipinski definition) is 8. The summed E-state index contributed by atoms with van der Waals surface area (Å²) < 4.78 is 17.1. The molecular weight excluding hydrogens is 1150 g/mol. The smallest absolute Gasteiger partial charge is 0.222 e. The molecule has 93 heavy (non-hydrogen) atoms. The number of furan rings is 1. The van der Waals surface area contributed by atoms with Gasteiger partial charge < -0.3 is 27.8 Å². The summed E-state index contributed by atoms with van der Waals surface area (Å²) in [5, 5.41) is 2.49. The molecule has 1 atom stereocenters. The molecule has 0 radical (unpaired) electrons. The van der Waals surface area contributed by atoms with Gasteiger partial charge in [-0.3, -0.25) is 19.8 Å². The molecule has 6 aromatic heterocycles. The van der Waals surface area contributed by atoms with Crippen molar-refractivity contribution in [1.29, 1.82) is 0 Å². The van der Waals surface area contributed by atoms with E-state index in [0.717, 1.165) is 84.0 Å². The van der Waals surface area contributed by atoms with Crippen molar-refractivity contribution < 1.29 is 13.9 Å². The highest BCUT2D eigenvalue weighted by atomic mass is 16.5. The van der Waals surface area contributed by atoms with Gasteiger partial charge in [-0.25, -0.2) is 9.97 Å². The first-order chi connectivity index (χ1) is 45.1. The van der Waals surface area contributed by atoms with Gasteiger partial charge in [0.1, 0.15) is 29.0 Å². The van der Waals surface area contributed by atoms with Crippen LogP contribution in [-0.2, 0) is 45.2 Å². The molecule has 9 heterocycles. The number of amides is 1. The Kier molecular flexibility index (Phi) is 25.9. The molecule has 12 heteroatoms. The number of nitrogens with zero attached hydrogens (tertiary/aromatic N) is 9. The number of pyridine rings is 2. The topological polar surface area (TPSA) is 121 Å². The summed E-state index contributed by atoms with van der Waals surface area (Å²) in [6.45, 7) is 15.3. The van der Waals surface area contributed by atoms with Gasteiger partial charge >= 0.3 is 0 Å². The van der Waals surface area contributed by atoms with Crippen LogP contribution in [0.2, 0.25) is 0 Å². The van der Waals surface area contributed by atoms with Crippen LogP contribution in [0.5, 0.6) is 5.75 Å². The van der Waals surface area contributed by atoms with Crippen LogP contribution in [0.25, 0.3) is 49.5 Å². The fourth-order valence-corrected chi connectivity index (χ4v) is 10.6. The largest absolute Gasteiger partial charge is 0.490 e. The Bertz CT molecular complexity index is 4290. The summed E-state index contributed by atoms with van der Waals surface area (Å²) in [7, 11) is 7.95. The molecule has 1 saturated heterocycles. The van der Waals surface area contributed by atoms with E-state index in [1.165, 1.54) is 72.8 Å². The maximum atomic E-state index is 10.7. The van der Waals surface area contributed by atoms with Crippen LogP contribution in [-0.4, -0.2) is 69.9 Å². The molecule has 0 saturated carbocycles. The highest BCUT2D eigenvalue weighted by molar-refractivity contribution is 5.92. The van der Waals surface area contributed by atoms with Gasteiger partial charge in [0.15, 0.2) is 0 Å². The van der Waals surface area contributed by atoms with E-state index in [4.69, 9.17) is 9.15 Å². The maximum absolute atomic E-state index is 10.7. The van der Waals surface area contributed by atoms with Gasteiger partial charge in [0, 0.05) is 101 Å². The van der Waals surface area contributed by atoms with Crippen LogP contribution in [0.3, 0.4) is 0 Å². The van der Waals surface area contributed by atoms with Crippen molar-refractivity contribution in [1.82, 2.24) is 38.5 Å². The second kappa shape index (κ2) is 35.2. The number of ether oxygens (including phenoxy) is 1.